The molecule has 1 saturated heterocycles. The highest BCUT2D eigenvalue weighted by atomic mass is 16.5. The second-order valence-corrected chi connectivity index (χ2v) is 5.42. The normalized spacial score (nSPS) is 21.1. The van der Waals surface area contributed by atoms with Crippen LogP contribution in [0.15, 0.2) is 24.3 Å². The Hall–Kier alpha value is -1.39. The number of aryl methyl sites for hydroxylation is 1. The predicted molar refractivity (Wildman–Crippen MR) is 76.0 cm³/mol. The lowest BCUT2D eigenvalue weighted by molar-refractivity contribution is 0.0983. The number of para-hydroxylation sites is 1. The summed E-state index contributed by atoms with van der Waals surface area (Å²) in [6.45, 7) is 0.893. The number of hydrogen-bond acceptors (Lipinski definition) is 3. The molecule has 1 fully saturated rings. The quantitative estimate of drug-likeness (QED) is 0.914. The highest BCUT2D eigenvalue weighted by Crippen LogP contribution is 2.21. The second kappa shape index (κ2) is 5.31. The first kappa shape index (κ1) is 12.6. The molecule has 2 atom stereocenters. The fraction of sp³-hybridized carbons (Fsp3) is 0.533. The summed E-state index contributed by atoms with van der Waals surface area (Å²) in [6, 6.07) is 8.44. The Morgan fingerprint density at radius 2 is 2.32 bits per heavy atom. The van der Waals surface area contributed by atoms with Crippen LogP contribution >= 0.6 is 0 Å². The van der Waals surface area contributed by atoms with Crippen LogP contribution in [0, 0.1) is 0 Å². The first-order valence-electron chi connectivity index (χ1n) is 7.02. The average Bonchev–Trinajstić information content (AvgIpc) is 3.00. The number of nitrogens with zero attached hydrogens (tertiary/aromatic N) is 2. The molecule has 19 heavy (non-hydrogen) atoms. The van der Waals surface area contributed by atoms with Crippen molar-refractivity contribution in [2.75, 3.05) is 6.61 Å². The van der Waals surface area contributed by atoms with Gasteiger partial charge in [-0.1, -0.05) is 18.2 Å². The SMILES string of the molecule is Cn1nc(CC(N)CC2CCCO2)c2ccccc21. The van der Waals surface area contributed by atoms with E-state index in [1.807, 2.05) is 17.8 Å². The number of ether oxygens (including phenoxy) is 1. The van der Waals surface area contributed by atoms with Gasteiger partial charge in [-0.05, 0) is 25.3 Å². The molecule has 2 unspecified atom stereocenters. The van der Waals surface area contributed by atoms with Crippen LogP contribution < -0.4 is 5.73 Å². The molecule has 2 heterocycles. The fourth-order valence-corrected chi connectivity index (χ4v) is 2.94. The standard InChI is InChI=1S/C15H21N3O/c1-18-15-7-3-2-6-13(15)14(17-18)10-11(16)9-12-5-4-8-19-12/h2-3,6-7,11-12H,4-5,8-10,16H2,1H3. The van der Waals surface area contributed by atoms with Gasteiger partial charge in [0.25, 0.3) is 0 Å². The number of benzene rings is 1. The second-order valence-electron chi connectivity index (χ2n) is 5.42. The Bertz CT molecular complexity index is 558. The maximum absolute atomic E-state index is 6.26. The summed E-state index contributed by atoms with van der Waals surface area (Å²) >= 11 is 0. The molecule has 1 aliphatic rings. The lowest BCUT2D eigenvalue weighted by Crippen LogP contribution is -2.28. The Morgan fingerprint density at radius 3 is 3.11 bits per heavy atom. The molecule has 1 aromatic heterocycles. The molecule has 0 saturated carbocycles. The molecule has 102 valence electrons. The molecule has 4 nitrogen and oxygen atoms in total. The minimum absolute atomic E-state index is 0.126. The van der Waals surface area contributed by atoms with Gasteiger partial charge in [0.2, 0.25) is 0 Å². The van der Waals surface area contributed by atoms with Gasteiger partial charge in [0.1, 0.15) is 0 Å². The molecular formula is C15H21N3O. The van der Waals surface area contributed by atoms with E-state index in [4.69, 9.17) is 10.5 Å². The van der Waals surface area contributed by atoms with Crippen LogP contribution in [0.4, 0.5) is 0 Å². The largest absolute Gasteiger partial charge is 0.378 e. The molecule has 3 rings (SSSR count). The smallest absolute Gasteiger partial charge is 0.0718 e. The van der Waals surface area contributed by atoms with Gasteiger partial charge in [0, 0.05) is 31.5 Å². The molecule has 0 radical (unpaired) electrons. The van der Waals surface area contributed by atoms with Gasteiger partial charge in [-0.3, -0.25) is 4.68 Å². The van der Waals surface area contributed by atoms with Crippen LogP contribution in [0.3, 0.4) is 0 Å². The van der Waals surface area contributed by atoms with Crippen LogP contribution in [-0.4, -0.2) is 28.5 Å². The summed E-state index contributed by atoms with van der Waals surface area (Å²) in [5.74, 6) is 0. The first-order valence-corrected chi connectivity index (χ1v) is 7.02. The van der Waals surface area contributed by atoms with E-state index in [0.717, 1.165) is 31.6 Å². The van der Waals surface area contributed by atoms with E-state index in [9.17, 15) is 0 Å². The van der Waals surface area contributed by atoms with Crippen molar-refractivity contribution in [1.29, 1.82) is 0 Å². The van der Waals surface area contributed by atoms with Gasteiger partial charge in [-0.15, -0.1) is 0 Å². The number of hydrogen-bond donors (Lipinski definition) is 1. The highest BCUT2D eigenvalue weighted by molar-refractivity contribution is 5.81. The van der Waals surface area contributed by atoms with Crippen LogP contribution in [0.25, 0.3) is 10.9 Å². The van der Waals surface area contributed by atoms with Crippen LogP contribution in [0.1, 0.15) is 25.0 Å². The van der Waals surface area contributed by atoms with Crippen LogP contribution in [0.5, 0.6) is 0 Å². The highest BCUT2D eigenvalue weighted by Gasteiger charge is 2.20. The van der Waals surface area contributed by atoms with E-state index in [2.05, 4.69) is 23.3 Å². The van der Waals surface area contributed by atoms with Gasteiger partial charge in [-0.2, -0.15) is 5.10 Å². The van der Waals surface area contributed by atoms with E-state index in [1.54, 1.807) is 0 Å². The van der Waals surface area contributed by atoms with Gasteiger partial charge < -0.3 is 10.5 Å². The molecule has 0 aliphatic carbocycles. The van der Waals surface area contributed by atoms with Crippen LogP contribution in [0.2, 0.25) is 0 Å². The molecular weight excluding hydrogens is 238 g/mol. The maximum atomic E-state index is 6.26. The lowest BCUT2D eigenvalue weighted by Gasteiger charge is -2.15. The minimum atomic E-state index is 0.126. The Kier molecular flexibility index (Phi) is 3.53. The third-order valence-corrected chi connectivity index (χ3v) is 3.88. The Balaban J connectivity index is 1.73. The van der Waals surface area contributed by atoms with Crippen molar-refractivity contribution in [2.24, 2.45) is 12.8 Å². The third kappa shape index (κ3) is 2.65. The van der Waals surface area contributed by atoms with Crippen LogP contribution in [-0.2, 0) is 18.2 Å². The van der Waals surface area contributed by atoms with Crippen molar-refractivity contribution >= 4 is 10.9 Å². The summed E-state index contributed by atoms with van der Waals surface area (Å²) in [5.41, 5.74) is 8.53. The summed E-state index contributed by atoms with van der Waals surface area (Å²) < 4.78 is 7.58. The molecule has 1 aliphatic heterocycles. The predicted octanol–water partition coefficient (Wildman–Crippen LogP) is 2.01. The van der Waals surface area contributed by atoms with Gasteiger partial charge in [0.15, 0.2) is 0 Å². The summed E-state index contributed by atoms with van der Waals surface area (Å²) in [7, 11) is 1.98. The van der Waals surface area contributed by atoms with E-state index < -0.39 is 0 Å². The molecule has 0 bridgehead atoms. The fourth-order valence-electron chi connectivity index (χ4n) is 2.94. The maximum Gasteiger partial charge on any atom is 0.0718 e. The van der Waals surface area contributed by atoms with E-state index in [1.165, 1.54) is 17.3 Å². The average molecular weight is 259 g/mol. The van der Waals surface area contributed by atoms with Crippen molar-refractivity contribution < 1.29 is 4.74 Å². The zero-order valence-corrected chi connectivity index (χ0v) is 11.4. The molecule has 2 N–H and O–H groups in total. The molecule has 1 aromatic carbocycles. The van der Waals surface area contributed by atoms with Gasteiger partial charge in [0.05, 0.1) is 17.3 Å². The third-order valence-electron chi connectivity index (χ3n) is 3.88. The monoisotopic (exact) mass is 259 g/mol. The Morgan fingerprint density at radius 1 is 1.47 bits per heavy atom. The summed E-state index contributed by atoms with van der Waals surface area (Å²) in [5, 5.41) is 5.82. The van der Waals surface area contributed by atoms with E-state index >= 15 is 0 Å². The summed E-state index contributed by atoms with van der Waals surface area (Å²) in [6.07, 6.45) is 4.43. The van der Waals surface area contributed by atoms with Crippen molar-refractivity contribution in [1.82, 2.24) is 9.78 Å². The summed E-state index contributed by atoms with van der Waals surface area (Å²) in [4.78, 5) is 0. The molecule has 0 amide bonds. The minimum Gasteiger partial charge on any atom is -0.378 e. The molecule has 0 spiro atoms. The topological polar surface area (TPSA) is 53.1 Å². The van der Waals surface area contributed by atoms with Gasteiger partial charge >= 0.3 is 0 Å². The lowest BCUT2D eigenvalue weighted by atomic mass is 10.0. The van der Waals surface area contributed by atoms with Crippen molar-refractivity contribution in [2.45, 2.75) is 37.8 Å². The zero-order valence-electron chi connectivity index (χ0n) is 11.4. The van der Waals surface area contributed by atoms with Crippen molar-refractivity contribution in [3.63, 3.8) is 0 Å². The van der Waals surface area contributed by atoms with E-state index in [0.29, 0.717) is 6.10 Å². The number of aromatic nitrogens is 2. The molecule has 4 heteroatoms. The number of nitrogens with two attached hydrogens (primary N) is 1. The number of fused-ring (bicyclic) bond motifs is 1. The van der Waals surface area contributed by atoms with E-state index in [-0.39, 0.29) is 6.04 Å². The van der Waals surface area contributed by atoms with Crippen molar-refractivity contribution in [3.8, 4) is 0 Å². The van der Waals surface area contributed by atoms with Crippen molar-refractivity contribution in [3.05, 3.63) is 30.0 Å². The van der Waals surface area contributed by atoms with Gasteiger partial charge in [-0.25, -0.2) is 0 Å². The zero-order chi connectivity index (χ0) is 13.2. The Labute approximate surface area is 113 Å². The molecule has 2 aromatic rings. The number of rotatable bonds is 4. The first-order chi connectivity index (χ1) is 9.24.